The van der Waals surface area contributed by atoms with E-state index in [0.29, 0.717) is 11.1 Å². The van der Waals surface area contributed by atoms with Crippen molar-refractivity contribution in [2.24, 2.45) is 5.73 Å². The molecule has 0 aliphatic heterocycles. The Balaban J connectivity index is 3.27. The molecule has 0 saturated heterocycles. The minimum Gasteiger partial charge on any atom is -0.383 e. The Hall–Kier alpha value is -1.23. The third-order valence-corrected chi connectivity index (χ3v) is 1.98. The van der Waals surface area contributed by atoms with E-state index in [-0.39, 0.29) is 17.9 Å². The van der Waals surface area contributed by atoms with Crippen LogP contribution in [0.25, 0.3) is 0 Å². The van der Waals surface area contributed by atoms with E-state index in [0.717, 1.165) is 6.20 Å². The van der Waals surface area contributed by atoms with E-state index in [1.54, 1.807) is 6.92 Å². The van der Waals surface area contributed by atoms with Crippen LogP contribution in [0.4, 0.5) is 14.6 Å². The molecular formula is C8H11F2N3. The zero-order valence-corrected chi connectivity index (χ0v) is 7.22. The van der Waals surface area contributed by atoms with E-state index in [1.807, 2.05) is 0 Å². The van der Waals surface area contributed by atoms with E-state index in [1.165, 1.54) is 0 Å². The third-order valence-electron chi connectivity index (χ3n) is 1.98. The summed E-state index contributed by atoms with van der Waals surface area (Å²) in [6, 6.07) is 0. The lowest BCUT2D eigenvalue weighted by Gasteiger charge is -2.10. The molecule has 13 heavy (non-hydrogen) atoms. The van der Waals surface area contributed by atoms with Crippen LogP contribution >= 0.6 is 0 Å². The van der Waals surface area contributed by atoms with Crippen LogP contribution in [0.2, 0.25) is 0 Å². The van der Waals surface area contributed by atoms with Crippen LogP contribution in [0.5, 0.6) is 0 Å². The number of nitrogens with two attached hydrogens (primary N) is 2. The standard InChI is InChI=1S/C8H11F2N3/c1-4-5(2-11)8(12)13-3-6(4)7(9)10/h3,7H,2,11H2,1H3,(H2,12,13). The Morgan fingerprint density at radius 2 is 2.15 bits per heavy atom. The van der Waals surface area contributed by atoms with Crippen molar-refractivity contribution < 1.29 is 8.78 Å². The molecule has 0 unspecified atom stereocenters. The molecule has 72 valence electrons. The number of nitrogen functional groups attached to an aromatic ring is 1. The Kier molecular flexibility index (Phi) is 2.77. The highest BCUT2D eigenvalue weighted by Gasteiger charge is 2.14. The molecule has 1 rings (SSSR count). The van der Waals surface area contributed by atoms with Crippen LogP contribution in [0.1, 0.15) is 23.1 Å². The molecule has 0 aliphatic carbocycles. The van der Waals surface area contributed by atoms with Crippen molar-refractivity contribution in [3.63, 3.8) is 0 Å². The van der Waals surface area contributed by atoms with Gasteiger partial charge >= 0.3 is 0 Å². The van der Waals surface area contributed by atoms with Gasteiger partial charge in [0, 0.05) is 23.9 Å². The summed E-state index contributed by atoms with van der Waals surface area (Å²) in [4.78, 5) is 3.65. The lowest BCUT2D eigenvalue weighted by atomic mass is 10.1. The summed E-state index contributed by atoms with van der Waals surface area (Å²) in [5.74, 6) is 0.226. The number of hydrogen-bond acceptors (Lipinski definition) is 3. The molecule has 0 atom stereocenters. The third kappa shape index (κ3) is 1.75. The van der Waals surface area contributed by atoms with E-state index in [2.05, 4.69) is 4.98 Å². The molecule has 0 aliphatic rings. The van der Waals surface area contributed by atoms with Crippen LogP contribution in [0, 0.1) is 6.92 Å². The normalized spacial score (nSPS) is 10.8. The van der Waals surface area contributed by atoms with Gasteiger partial charge in [-0.3, -0.25) is 0 Å². The molecule has 0 spiro atoms. The number of aromatic nitrogens is 1. The van der Waals surface area contributed by atoms with Gasteiger partial charge in [0.25, 0.3) is 6.43 Å². The van der Waals surface area contributed by atoms with Gasteiger partial charge in [0.1, 0.15) is 5.82 Å². The molecule has 5 heteroatoms. The molecule has 4 N–H and O–H groups in total. The van der Waals surface area contributed by atoms with E-state index < -0.39 is 6.43 Å². The highest BCUT2D eigenvalue weighted by molar-refractivity contribution is 5.47. The van der Waals surface area contributed by atoms with Crippen molar-refractivity contribution in [2.75, 3.05) is 5.73 Å². The van der Waals surface area contributed by atoms with Gasteiger partial charge in [-0.15, -0.1) is 0 Å². The molecular weight excluding hydrogens is 176 g/mol. The summed E-state index contributed by atoms with van der Waals surface area (Å²) in [5.41, 5.74) is 11.7. The predicted molar refractivity (Wildman–Crippen MR) is 46.2 cm³/mol. The minimum atomic E-state index is -2.53. The molecule has 1 aromatic heterocycles. The van der Waals surface area contributed by atoms with Crippen LogP contribution in [-0.2, 0) is 6.54 Å². The summed E-state index contributed by atoms with van der Waals surface area (Å²) in [6.07, 6.45) is -1.44. The van der Waals surface area contributed by atoms with Crippen LogP contribution in [0.3, 0.4) is 0 Å². The van der Waals surface area contributed by atoms with Gasteiger partial charge < -0.3 is 11.5 Å². The fourth-order valence-electron chi connectivity index (χ4n) is 1.16. The molecule has 0 bridgehead atoms. The second kappa shape index (κ2) is 3.66. The zero-order valence-electron chi connectivity index (χ0n) is 7.22. The smallest absolute Gasteiger partial charge is 0.265 e. The second-order valence-corrected chi connectivity index (χ2v) is 2.71. The summed E-state index contributed by atoms with van der Waals surface area (Å²) >= 11 is 0. The Bertz CT molecular complexity index is 313. The number of hydrogen-bond donors (Lipinski definition) is 2. The molecule has 0 radical (unpaired) electrons. The number of alkyl halides is 2. The van der Waals surface area contributed by atoms with Crippen LogP contribution in [-0.4, -0.2) is 4.98 Å². The first-order valence-electron chi connectivity index (χ1n) is 3.80. The average Bonchev–Trinajstić information content (AvgIpc) is 2.04. The number of nitrogens with zero attached hydrogens (tertiary/aromatic N) is 1. The largest absolute Gasteiger partial charge is 0.383 e. The van der Waals surface area contributed by atoms with Gasteiger partial charge in [0.15, 0.2) is 0 Å². The summed E-state index contributed by atoms with van der Waals surface area (Å²) in [5, 5.41) is 0. The van der Waals surface area contributed by atoms with Gasteiger partial charge in [-0.25, -0.2) is 13.8 Å². The first-order valence-corrected chi connectivity index (χ1v) is 3.80. The fourth-order valence-corrected chi connectivity index (χ4v) is 1.16. The first-order chi connectivity index (χ1) is 6.07. The molecule has 3 nitrogen and oxygen atoms in total. The quantitative estimate of drug-likeness (QED) is 0.734. The van der Waals surface area contributed by atoms with E-state index in [4.69, 9.17) is 11.5 Å². The van der Waals surface area contributed by atoms with Crippen LogP contribution < -0.4 is 11.5 Å². The Morgan fingerprint density at radius 1 is 1.54 bits per heavy atom. The molecule has 0 aromatic carbocycles. The van der Waals surface area contributed by atoms with Gasteiger partial charge in [-0.05, 0) is 12.5 Å². The zero-order chi connectivity index (χ0) is 10.0. The average molecular weight is 187 g/mol. The maximum atomic E-state index is 12.4. The molecule has 0 amide bonds. The fraction of sp³-hybridized carbons (Fsp3) is 0.375. The molecule has 1 aromatic rings. The minimum absolute atomic E-state index is 0.102. The lowest BCUT2D eigenvalue weighted by Crippen LogP contribution is -2.08. The van der Waals surface area contributed by atoms with Crippen molar-refractivity contribution in [1.29, 1.82) is 0 Å². The lowest BCUT2D eigenvalue weighted by molar-refractivity contribution is 0.150. The van der Waals surface area contributed by atoms with Crippen molar-refractivity contribution in [3.8, 4) is 0 Å². The van der Waals surface area contributed by atoms with Crippen molar-refractivity contribution in [1.82, 2.24) is 4.98 Å². The summed E-state index contributed by atoms with van der Waals surface area (Å²) in [6.45, 7) is 1.70. The topological polar surface area (TPSA) is 64.9 Å². The van der Waals surface area contributed by atoms with Crippen LogP contribution in [0.15, 0.2) is 6.20 Å². The van der Waals surface area contributed by atoms with Gasteiger partial charge in [-0.2, -0.15) is 0 Å². The van der Waals surface area contributed by atoms with Crippen molar-refractivity contribution >= 4 is 5.82 Å². The molecule has 0 saturated carbocycles. The number of halogens is 2. The summed E-state index contributed by atoms with van der Waals surface area (Å²) in [7, 11) is 0. The van der Waals surface area contributed by atoms with E-state index in [9.17, 15) is 8.78 Å². The number of pyridine rings is 1. The number of rotatable bonds is 2. The predicted octanol–water partition coefficient (Wildman–Crippen LogP) is 1.37. The van der Waals surface area contributed by atoms with Gasteiger partial charge in [-0.1, -0.05) is 0 Å². The highest BCUT2D eigenvalue weighted by Crippen LogP contribution is 2.25. The van der Waals surface area contributed by atoms with E-state index >= 15 is 0 Å². The first kappa shape index (κ1) is 9.85. The van der Waals surface area contributed by atoms with Gasteiger partial charge in [0.2, 0.25) is 0 Å². The number of anilines is 1. The van der Waals surface area contributed by atoms with Gasteiger partial charge in [0.05, 0.1) is 0 Å². The Labute approximate surface area is 74.8 Å². The second-order valence-electron chi connectivity index (χ2n) is 2.71. The van der Waals surface area contributed by atoms with Crippen molar-refractivity contribution in [2.45, 2.75) is 19.9 Å². The maximum Gasteiger partial charge on any atom is 0.265 e. The SMILES string of the molecule is Cc1c(C(F)F)cnc(N)c1CN. The maximum absolute atomic E-state index is 12.4. The van der Waals surface area contributed by atoms with Crippen molar-refractivity contribution in [3.05, 3.63) is 22.9 Å². The molecule has 1 heterocycles. The Morgan fingerprint density at radius 3 is 2.62 bits per heavy atom. The highest BCUT2D eigenvalue weighted by atomic mass is 19.3. The monoisotopic (exact) mass is 187 g/mol. The molecule has 0 fully saturated rings. The summed E-state index contributed by atoms with van der Waals surface area (Å²) < 4.78 is 24.7.